The summed E-state index contributed by atoms with van der Waals surface area (Å²) in [7, 11) is 0.271. The van der Waals surface area contributed by atoms with E-state index >= 15 is 0 Å². The molecule has 0 heterocycles. The number of rotatable bonds is 22. The third-order valence-electron chi connectivity index (χ3n) is 8.77. The Morgan fingerprint density at radius 1 is 0.500 bits per heavy atom. The topological polar surface area (TPSA) is 213 Å². The van der Waals surface area contributed by atoms with Crippen molar-refractivity contribution in [3.63, 3.8) is 0 Å². The molecule has 0 unspecified atom stereocenters. The van der Waals surface area contributed by atoms with Gasteiger partial charge in [0.25, 0.3) is 0 Å². The fourth-order valence-electron chi connectivity index (χ4n) is 4.97. The van der Waals surface area contributed by atoms with Crippen LogP contribution in [0.1, 0.15) is 92.9 Å². The van der Waals surface area contributed by atoms with E-state index in [0.717, 1.165) is 44.9 Å². The third-order valence-corrected chi connectivity index (χ3v) is 21.7. The Balaban J connectivity index is -0.000000327. The molecule has 1 saturated carbocycles. The van der Waals surface area contributed by atoms with Gasteiger partial charge in [0.15, 0.2) is 0 Å². The molecule has 0 amide bonds. The molecule has 0 radical (unpaired) electrons. The van der Waals surface area contributed by atoms with Gasteiger partial charge >= 0.3 is 45.6 Å². The van der Waals surface area contributed by atoms with Crippen LogP contribution in [-0.4, -0.2) is 115 Å². The molecule has 1 aromatic carbocycles. The van der Waals surface area contributed by atoms with Crippen molar-refractivity contribution in [1.29, 1.82) is 0 Å². The van der Waals surface area contributed by atoms with Crippen LogP contribution in [0.4, 0.5) is 0 Å². The summed E-state index contributed by atoms with van der Waals surface area (Å²) >= 11 is 0. The highest BCUT2D eigenvalue weighted by Gasteiger charge is 2.34. The zero-order chi connectivity index (χ0) is 49.1. The van der Waals surface area contributed by atoms with E-state index in [9.17, 15) is 27.4 Å². The lowest BCUT2D eigenvalue weighted by Gasteiger charge is -2.27. The maximum atomic E-state index is 11.9. The molecule has 0 aromatic heterocycles. The van der Waals surface area contributed by atoms with Crippen molar-refractivity contribution in [3.05, 3.63) is 30.3 Å². The average molecular weight is 1010 g/mol. The number of hydrogen-bond acceptors (Lipinski definition) is 18. The van der Waals surface area contributed by atoms with Crippen LogP contribution in [-0.2, 0) is 81.7 Å². The van der Waals surface area contributed by atoms with Crippen molar-refractivity contribution in [3.8, 4) is 0 Å². The summed E-state index contributed by atoms with van der Waals surface area (Å²) in [5.74, 6) is 0.339. The van der Waals surface area contributed by atoms with Crippen LogP contribution in [0.25, 0.3) is 0 Å². The van der Waals surface area contributed by atoms with Crippen LogP contribution in [0.15, 0.2) is 30.3 Å². The van der Waals surface area contributed by atoms with Crippen LogP contribution in [0.5, 0.6) is 0 Å². The van der Waals surface area contributed by atoms with Crippen molar-refractivity contribution in [2.75, 3.05) is 104 Å². The Labute approximate surface area is 375 Å². The third kappa shape index (κ3) is 29.7. The SMILES string of the molecule is CCCCP(=O)(OC)OC.CCCP(=O)(OC)OC.COP(=O)(CC(C)C)OC.COP(=O)(OC)C(C)C.COP(=O)(OC)C1CCCCC1.COP(=O)(OC)c1ccccc1. The molecule has 2 rings (SSSR count). The van der Waals surface area contributed by atoms with E-state index in [4.69, 9.17) is 36.2 Å². The van der Waals surface area contributed by atoms with E-state index in [-0.39, 0.29) is 11.3 Å². The standard InChI is InChI=1S/C8H17O3P.C8H11O3P.2C6H15O3P.2C5H13O3P/c2*1-10-12(9,11-2)8-6-4-3-5-7-8;1-6(2)5-10(7,8-3)9-4;1-4-5-6-10(7,8-2)9-3;1-5(2)9(6,7-3)8-4;1-4-5-9(6,7-2)8-3/h8H,3-7H2,1-2H3;3-7H,1-2H3;6H,5H2,1-4H3;4-6H2,1-3H3;5H,1-4H3;4-5H2,1-3H3. The van der Waals surface area contributed by atoms with Gasteiger partial charge in [-0.2, -0.15) is 0 Å². The minimum Gasteiger partial charge on any atom is -0.312 e. The van der Waals surface area contributed by atoms with Crippen molar-refractivity contribution >= 4 is 50.9 Å². The minimum atomic E-state index is -3.03. The van der Waals surface area contributed by atoms with E-state index in [1.54, 1.807) is 38.1 Å². The lowest BCUT2D eigenvalue weighted by Crippen LogP contribution is -2.14. The summed E-state index contributed by atoms with van der Waals surface area (Å²) in [5.41, 5.74) is 0.0775. The largest absolute Gasteiger partial charge is 0.360 e. The van der Waals surface area contributed by atoms with E-state index in [1.165, 1.54) is 91.7 Å². The van der Waals surface area contributed by atoms with E-state index in [2.05, 4.69) is 18.1 Å². The summed E-state index contributed by atoms with van der Waals surface area (Å²) in [6.45, 7) is 11.5. The van der Waals surface area contributed by atoms with E-state index < -0.39 is 45.6 Å². The van der Waals surface area contributed by atoms with E-state index in [1.807, 2.05) is 33.8 Å². The number of unbranched alkanes of at least 4 members (excludes halogenated alkanes) is 1. The maximum Gasteiger partial charge on any atom is 0.360 e. The average Bonchev–Trinajstić information content (AvgIpc) is 3.31. The summed E-state index contributed by atoms with van der Waals surface area (Å²) in [6, 6.07) is 8.86. The van der Waals surface area contributed by atoms with Crippen LogP contribution < -0.4 is 5.30 Å². The first-order valence-electron chi connectivity index (χ1n) is 20.2. The first kappa shape index (κ1) is 68.7. The molecule has 1 aromatic rings. The van der Waals surface area contributed by atoms with Gasteiger partial charge in [-0.05, 0) is 43.7 Å². The fourth-order valence-corrected chi connectivity index (χ4v) is 12.4. The Kier molecular flexibility index (Phi) is 42.2. The van der Waals surface area contributed by atoms with Crippen molar-refractivity contribution < 1.29 is 81.7 Å². The molecule has 1 fully saturated rings. The van der Waals surface area contributed by atoms with Gasteiger partial charge in [0.05, 0.1) is 28.9 Å². The van der Waals surface area contributed by atoms with Crippen molar-refractivity contribution in [2.45, 2.75) is 104 Å². The predicted molar refractivity (Wildman–Crippen MR) is 252 cm³/mol. The van der Waals surface area contributed by atoms with Gasteiger partial charge in [-0.25, -0.2) is 0 Å². The molecule has 0 N–H and O–H groups in total. The van der Waals surface area contributed by atoms with Crippen LogP contribution in [0.3, 0.4) is 0 Å². The van der Waals surface area contributed by atoms with Gasteiger partial charge < -0.3 is 54.3 Å². The molecule has 24 heteroatoms. The maximum absolute atomic E-state index is 11.9. The van der Waals surface area contributed by atoms with Gasteiger partial charge in [-0.15, -0.1) is 0 Å². The van der Waals surface area contributed by atoms with Gasteiger partial charge in [-0.1, -0.05) is 85.4 Å². The van der Waals surface area contributed by atoms with Crippen LogP contribution in [0.2, 0.25) is 0 Å². The zero-order valence-electron chi connectivity index (χ0n) is 40.9. The molecule has 62 heavy (non-hydrogen) atoms. The van der Waals surface area contributed by atoms with Crippen LogP contribution >= 0.6 is 45.6 Å². The summed E-state index contributed by atoms with van der Waals surface area (Å²) in [4.78, 5) is 0. The smallest absolute Gasteiger partial charge is 0.312 e. The van der Waals surface area contributed by atoms with Crippen molar-refractivity contribution in [1.82, 2.24) is 0 Å². The Morgan fingerprint density at radius 3 is 1.15 bits per heavy atom. The summed E-state index contributed by atoms with van der Waals surface area (Å²) in [5, 5.41) is 0.579. The summed E-state index contributed by atoms with van der Waals surface area (Å²) < 4.78 is 126. The molecular weight excluding hydrogens is 930 g/mol. The predicted octanol–water partition coefficient (Wildman–Crippen LogP) is 12.8. The van der Waals surface area contributed by atoms with Gasteiger partial charge in [-0.3, -0.25) is 27.4 Å². The lowest BCUT2D eigenvalue weighted by atomic mass is 10.0. The normalized spacial score (nSPS) is 13.8. The van der Waals surface area contributed by atoms with Gasteiger partial charge in [0, 0.05) is 91.5 Å². The number of benzene rings is 1. The fraction of sp³-hybridized carbons (Fsp3) is 0.842. The molecule has 1 aliphatic carbocycles. The molecule has 1 aliphatic rings. The monoisotopic (exact) mass is 1010 g/mol. The van der Waals surface area contributed by atoms with E-state index in [0.29, 0.717) is 29.7 Å². The molecule has 18 nitrogen and oxygen atoms in total. The van der Waals surface area contributed by atoms with Gasteiger partial charge in [0.2, 0.25) is 0 Å². The molecule has 0 bridgehead atoms. The Morgan fingerprint density at radius 2 is 0.903 bits per heavy atom. The minimum absolute atomic E-state index is 0.0625. The Bertz CT molecular complexity index is 1460. The Hall–Kier alpha value is 0.120. The highest BCUT2D eigenvalue weighted by atomic mass is 31.2. The van der Waals surface area contributed by atoms with Crippen LogP contribution in [0, 0.1) is 5.92 Å². The first-order chi connectivity index (χ1) is 28.9. The molecule has 0 aliphatic heterocycles. The lowest BCUT2D eigenvalue weighted by molar-refractivity contribution is 0.255. The second-order valence-electron chi connectivity index (χ2n) is 13.7. The highest BCUT2D eigenvalue weighted by Crippen LogP contribution is 2.56. The molecule has 0 atom stereocenters. The molecule has 0 spiro atoms. The first-order valence-corrected chi connectivity index (χ1v) is 30.2. The second-order valence-corrected chi connectivity index (χ2v) is 28.4. The zero-order valence-corrected chi connectivity index (χ0v) is 46.3. The quantitative estimate of drug-likeness (QED) is 0.0987. The second kappa shape index (κ2) is 38.1. The number of hydrogen-bond donors (Lipinski definition) is 0. The van der Waals surface area contributed by atoms with Gasteiger partial charge in [0.1, 0.15) is 0 Å². The summed E-state index contributed by atoms with van der Waals surface area (Å²) in [6.07, 6.45) is 9.76. The highest BCUT2D eigenvalue weighted by molar-refractivity contribution is 7.62. The molecular formula is C38H84O18P6. The molecule has 374 valence electrons. The molecule has 0 saturated heterocycles. The van der Waals surface area contributed by atoms with Crippen molar-refractivity contribution in [2.24, 2.45) is 5.92 Å².